The fourth-order valence-electron chi connectivity index (χ4n) is 18.9. The van der Waals surface area contributed by atoms with Gasteiger partial charge in [0.1, 0.15) is 0 Å². The van der Waals surface area contributed by atoms with Crippen molar-refractivity contribution in [1.82, 2.24) is 0 Å². The summed E-state index contributed by atoms with van der Waals surface area (Å²) < 4.78 is 0. The molecule has 0 amide bonds. The van der Waals surface area contributed by atoms with Crippen LogP contribution in [0.4, 0.5) is 17.1 Å². The first kappa shape index (κ1) is 53.7. The smallest absolute Gasteiger partial charge is 0.0717 e. The molecule has 0 spiro atoms. The Labute approximate surface area is 535 Å². The Balaban J connectivity index is 0.959. The minimum atomic E-state index is -0.659. The van der Waals surface area contributed by atoms with Gasteiger partial charge in [0.05, 0.1) is 16.2 Å². The van der Waals surface area contributed by atoms with Gasteiger partial charge in [0, 0.05) is 33.3 Å². The molecule has 0 aromatic heterocycles. The van der Waals surface area contributed by atoms with Crippen LogP contribution in [-0.4, -0.2) is 0 Å². The Morgan fingerprint density at radius 3 is 0.615 bits per heavy atom. The summed E-state index contributed by atoms with van der Waals surface area (Å²) >= 11 is 0. The molecule has 1 nitrogen and oxygen atoms in total. The quantitative estimate of drug-likeness (QED) is 0.139. The van der Waals surface area contributed by atoms with Crippen LogP contribution in [0.3, 0.4) is 0 Å². The van der Waals surface area contributed by atoms with Gasteiger partial charge in [-0.15, -0.1) is 0 Å². The van der Waals surface area contributed by atoms with Gasteiger partial charge < -0.3 is 4.90 Å². The SMILES string of the molecule is CC1(C)C2=C(c3ccccc31)C(c1ccccc1)(c1ccccc1)c1cc(N(c3ccc4c(c3)C(c3ccccc3)(c3ccccc3)C3=C4C(C)(C)c4ccccc43)c3ccc4c(c3)C(c3ccccc3)(c3ccccc3)C3=C4C(C)(C)c4ccccc43)ccc12. The molecule has 18 rings (SSSR count). The zero-order chi connectivity index (χ0) is 61.2. The van der Waals surface area contributed by atoms with Crippen LogP contribution >= 0.6 is 0 Å². The average Bonchev–Trinajstić information content (AvgIpc) is 1.53. The van der Waals surface area contributed by atoms with Gasteiger partial charge in [0.25, 0.3) is 0 Å². The average molecular weight is 1160 g/mol. The second-order valence-electron chi connectivity index (χ2n) is 27.7. The van der Waals surface area contributed by atoms with Crippen LogP contribution in [0.15, 0.2) is 309 Å². The van der Waals surface area contributed by atoms with E-state index in [2.05, 4.69) is 356 Å². The van der Waals surface area contributed by atoms with Crippen molar-refractivity contribution >= 4 is 50.5 Å². The molecule has 0 heterocycles. The first-order valence-corrected chi connectivity index (χ1v) is 32.6. The van der Waals surface area contributed by atoms with Gasteiger partial charge in [-0.1, -0.05) is 315 Å². The van der Waals surface area contributed by atoms with E-state index in [4.69, 9.17) is 0 Å². The number of benzene rings is 12. The number of fused-ring (bicyclic) bond motifs is 12. The highest BCUT2D eigenvalue weighted by atomic mass is 15.1. The molecule has 0 bridgehead atoms. The van der Waals surface area contributed by atoms with Crippen molar-refractivity contribution in [2.24, 2.45) is 0 Å². The van der Waals surface area contributed by atoms with Crippen LogP contribution in [0.25, 0.3) is 33.4 Å². The molecule has 6 aliphatic rings. The maximum atomic E-state index is 2.64. The third kappa shape index (κ3) is 6.81. The van der Waals surface area contributed by atoms with E-state index < -0.39 is 16.2 Å². The molecule has 0 N–H and O–H groups in total. The first-order valence-electron chi connectivity index (χ1n) is 32.6. The van der Waals surface area contributed by atoms with Crippen LogP contribution < -0.4 is 4.90 Å². The molecule has 0 saturated carbocycles. The second-order valence-corrected chi connectivity index (χ2v) is 27.7. The fourth-order valence-corrected chi connectivity index (χ4v) is 18.9. The number of hydrogen-bond donors (Lipinski definition) is 0. The molecule has 0 saturated heterocycles. The highest BCUT2D eigenvalue weighted by molar-refractivity contribution is 6.16. The van der Waals surface area contributed by atoms with Crippen LogP contribution in [0, 0.1) is 0 Å². The molecule has 0 atom stereocenters. The molecule has 12 aromatic rings. The molecule has 0 fully saturated rings. The standard InChI is InChI=1S/C90H69N/c1-85(2)73-46-28-25-43-67(73)82-79(85)70-52-49-64(55-76(70)88(82,58-31-13-7-14-32-58)59-33-15-8-16-34-59)91(65-50-53-71-77(56-65)89(60-35-17-9-18-36-60,61-37-19-10-20-38-61)83-68-44-26-29-47-74(68)86(3,4)80(71)83)66-51-54-72-78(57-66)90(62-39-21-11-22-40-62,63-41-23-12-24-42-63)84-69-45-27-30-48-75(69)87(5,6)81(72)84/h7-57H,1-6H3. The van der Waals surface area contributed by atoms with Gasteiger partial charge in [-0.2, -0.15) is 0 Å². The maximum absolute atomic E-state index is 2.64. The molecular weight excluding hydrogens is 1090 g/mol. The predicted octanol–water partition coefficient (Wildman–Crippen LogP) is 21.8. The molecule has 434 valence electrons. The highest BCUT2D eigenvalue weighted by Gasteiger charge is 2.59. The zero-order valence-corrected chi connectivity index (χ0v) is 52.4. The lowest BCUT2D eigenvalue weighted by atomic mass is 9.65. The number of nitrogens with zero attached hydrogens (tertiary/aromatic N) is 1. The van der Waals surface area contributed by atoms with Crippen LogP contribution in [0.1, 0.15) is 142 Å². The van der Waals surface area contributed by atoms with Gasteiger partial charge in [0.2, 0.25) is 0 Å². The summed E-state index contributed by atoms with van der Waals surface area (Å²) in [5.41, 5.74) is 32.4. The Hall–Kier alpha value is -10.3. The minimum Gasteiger partial charge on any atom is -0.310 e. The molecule has 1 heteroatoms. The van der Waals surface area contributed by atoms with Gasteiger partial charge in [0.15, 0.2) is 0 Å². The second kappa shape index (κ2) is 19.1. The third-order valence-electron chi connectivity index (χ3n) is 22.4. The molecule has 12 aromatic carbocycles. The summed E-state index contributed by atoms with van der Waals surface area (Å²) in [6.07, 6.45) is 0. The lowest BCUT2D eigenvalue weighted by Gasteiger charge is -2.39. The van der Waals surface area contributed by atoms with Crippen molar-refractivity contribution in [2.45, 2.75) is 74.0 Å². The molecular formula is C90H69N. The van der Waals surface area contributed by atoms with Crippen LogP contribution in [0.5, 0.6) is 0 Å². The monoisotopic (exact) mass is 1160 g/mol. The van der Waals surface area contributed by atoms with Gasteiger partial charge >= 0.3 is 0 Å². The lowest BCUT2D eigenvalue weighted by molar-refractivity contribution is 0.703. The van der Waals surface area contributed by atoms with Gasteiger partial charge in [-0.25, -0.2) is 0 Å². The van der Waals surface area contributed by atoms with Crippen molar-refractivity contribution in [1.29, 1.82) is 0 Å². The largest absolute Gasteiger partial charge is 0.310 e. The summed E-state index contributed by atoms with van der Waals surface area (Å²) in [4.78, 5) is 2.64. The van der Waals surface area contributed by atoms with E-state index in [9.17, 15) is 0 Å². The summed E-state index contributed by atoms with van der Waals surface area (Å²) in [5.74, 6) is 0. The lowest BCUT2D eigenvalue weighted by Crippen LogP contribution is -2.30. The highest BCUT2D eigenvalue weighted by Crippen LogP contribution is 2.71. The Bertz CT molecular complexity index is 4460. The van der Waals surface area contributed by atoms with Gasteiger partial charge in [-0.3, -0.25) is 0 Å². The normalized spacial score (nSPS) is 17.7. The van der Waals surface area contributed by atoms with Crippen molar-refractivity contribution in [3.05, 3.63) is 410 Å². The Morgan fingerprint density at radius 1 is 0.187 bits per heavy atom. The third-order valence-corrected chi connectivity index (χ3v) is 22.4. The molecule has 91 heavy (non-hydrogen) atoms. The van der Waals surface area contributed by atoms with Crippen LogP contribution in [0.2, 0.25) is 0 Å². The van der Waals surface area contributed by atoms with Crippen molar-refractivity contribution in [3.63, 3.8) is 0 Å². The van der Waals surface area contributed by atoms with E-state index in [0.717, 1.165) is 17.1 Å². The summed E-state index contributed by atoms with van der Waals surface area (Å²) in [5, 5.41) is 0. The van der Waals surface area contributed by atoms with Crippen molar-refractivity contribution in [2.75, 3.05) is 4.90 Å². The predicted molar refractivity (Wildman–Crippen MR) is 378 cm³/mol. The molecule has 6 aliphatic carbocycles. The minimum absolute atomic E-state index is 0.275. The zero-order valence-electron chi connectivity index (χ0n) is 52.4. The maximum Gasteiger partial charge on any atom is 0.0717 e. The number of anilines is 3. The van der Waals surface area contributed by atoms with E-state index in [1.54, 1.807) is 0 Å². The van der Waals surface area contributed by atoms with Crippen molar-refractivity contribution < 1.29 is 0 Å². The number of hydrogen-bond acceptors (Lipinski definition) is 1. The summed E-state index contributed by atoms with van der Waals surface area (Å²) in [7, 11) is 0. The van der Waals surface area contributed by atoms with E-state index in [1.807, 2.05) is 0 Å². The van der Waals surface area contributed by atoms with Gasteiger partial charge in [-0.05, 0) is 170 Å². The van der Waals surface area contributed by atoms with E-state index >= 15 is 0 Å². The Kier molecular flexibility index (Phi) is 11.3. The van der Waals surface area contributed by atoms with E-state index in [0.29, 0.717) is 0 Å². The first-order chi connectivity index (χ1) is 44.4. The number of allylic oxidation sites excluding steroid dienone is 6. The molecule has 0 aliphatic heterocycles. The fraction of sp³-hybridized carbons (Fsp3) is 0.133. The topological polar surface area (TPSA) is 3.24 Å². The Morgan fingerprint density at radius 2 is 0.385 bits per heavy atom. The number of rotatable bonds is 9. The summed E-state index contributed by atoms with van der Waals surface area (Å²) in [6.45, 7) is 14.7. The van der Waals surface area contributed by atoms with E-state index in [-0.39, 0.29) is 16.2 Å². The summed E-state index contributed by atoms with van der Waals surface area (Å²) in [6, 6.07) is 119. The van der Waals surface area contributed by atoms with Crippen LogP contribution in [-0.2, 0) is 32.5 Å². The van der Waals surface area contributed by atoms with E-state index in [1.165, 1.54) is 134 Å². The molecule has 0 unspecified atom stereocenters. The van der Waals surface area contributed by atoms with Crippen molar-refractivity contribution in [3.8, 4) is 0 Å². The molecule has 0 radical (unpaired) electrons.